The molecule has 7 heteroatoms. The number of rotatable bonds is 18. The number of nitrogens with one attached hydrogen (secondary N) is 1. The average molecular weight is 586 g/mol. The molecule has 0 radical (unpaired) electrons. The van der Waals surface area contributed by atoms with E-state index in [-0.39, 0.29) is 17.3 Å². The van der Waals surface area contributed by atoms with Gasteiger partial charge in [0.1, 0.15) is 18.9 Å². The first-order valence-electron chi connectivity index (χ1n) is 15.7. The van der Waals surface area contributed by atoms with Crippen molar-refractivity contribution in [2.45, 2.75) is 86.5 Å². The van der Waals surface area contributed by atoms with Crippen LogP contribution in [0.15, 0.2) is 48.5 Å². The minimum Gasteiger partial charge on any atom is -0.493 e. The van der Waals surface area contributed by atoms with Gasteiger partial charge in [-0.1, -0.05) is 71.9 Å². The topological polar surface area (TPSA) is 84.9 Å². The predicted octanol–water partition coefficient (Wildman–Crippen LogP) is 7.74. The number of esters is 1. The van der Waals surface area contributed by atoms with E-state index in [1.54, 1.807) is 30.3 Å². The zero-order chi connectivity index (χ0) is 31.4. The molecule has 236 valence electrons. The molecular weight excluding hydrogens is 528 g/mol. The van der Waals surface area contributed by atoms with Crippen molar-refractivity contribution >= 4 is 17.6 Å². The van der Waals surface area contributed by atoms with E-state index in [1.807, 2.05) is 18.2 Å². The molecule has 0 aliphatic carbocycles. The van der Waals surface area contributed by atoms with Gasteiger partial charge in [0.05, 0.1) is 37.4 Å². The second-order valence-electron chi connectivity index (χ2n) is 12.0. The Kier molecular flexibility index (Phi) is 17.8. The lowest BCUT2D eigenvalue weighted by Crippen LogP contribution is -2.51. The van der Waals surface area contributed by atoms with Crippen molar-refractivity contribution in [1.82, 2.24) is 0 Å². The minimum atomic E-state index is -0.340. The highest BCUT2D eigenvalue weighted by Crippen LogP contribution is 2.23. The molecule has 0 saturated heterocycles. The maximum Gasteiger partial charge on any atom is 0.338 e. The number of carbonyl (C=O) groups excluding carboxylic acids is 2. The van der Waals surface area contributed by atoms with E-state index in [2.05, 4.69) is 46.9 Å². The summed E-state index contributed by atoms with van der Waals surface area (Å²) in [6, 6.07) is 14.2. The molecule has 2 rings (SSSR count). The third-order valence-corrected chi connectivity index (χ3v) is 7.74. The Bertz CT molecular complexity index is 1030. The van der Waals surface area contributed by atoms with Crippen molar-refractivity contribution in [3.63, 3.8) is 0 Å². The fraction of sp³-hybridized carbons (Fsp3) is 0.600. The van der Waals surface area contributed by atoms with E-state index < -0.39 is 0 Å². The second kappa shape index (κ2) is 20.1. The maximum atomic E-state index is 13.0. The molecule has 0 aromatic heterocycles. The van der Waals surface area contributed by atoms with Gasteiger partial charge in [0.15, 0.2) is 0 Å². The number of para-hydroxylation sites is 1. The Balaban J connectivity index is 0.00000431. The standard InChI is InChI=1S/C34H52N2O4.CH4O/c1-7-10-11-12-13-16-26-39-31-18-15-14-17-30(31)32(37)35-29-21-19-28(20-22-29)33(38)40-27-25-36(8-2,9-3)24-23-34(4,5)6;1-2/h14-15,17-22H,7-13,16,23-27H2,1-6H3;2H,1H3/p+1. The second-order valence-corrected chi connectivity index (χ2v) is 12.0. The largest absolute Gasteiger partial charge is 0.493 e. The molecule has 0 bridgehead atoms. The zero-order valence-corrected chi connectivity index (χ0v) is 27.3. The number of quaternary nitrogens is 1. The molecule has 2 aromatic carbocycles. The number of amides is 1. The molecule has 2 aromatic rings. The van der Waals surface area contributed by atoms with Crippen LogP contribution in [-0.4, -0.2) is 68.0 Å². The molecule has 0 atom stereocenters. The molecule has 2 N–H and O–H groups in total. The average Bonchev–Trinajstić information content (AvgIpc) is 2.99. The Morgan fingerprint density at radius 3 is 2.05 bits per heavy atom. The summed E-state index contributed by atoms with van der Waals surface area (Å²) < 4.78 is 12.5. The van der Waals surface area contributed by atoms with Gasteiger partial charge in [-0.15, -0.1) is 0 Å². The number of aliphatic hydroxyl groups is 1. The van der Waals surface area contributed by atoms with Gasteiger partial charge in [0.25, 0.3) is 5.91 Å². The molecular formula is C35H57N2O5+. The van der Waals surface area contributed by atoms with Crippen molar-refractivity contribution in [2.24, 2.45) is 5.41 Å². The van der Waals surface area contributed by atoms with Crippen LogP contribution in [0.25, 0.3) is 0 Å². The Morgan fingerprint density at radius 1 is 0.810 bits per heavy atom. The van der Waals surface area contributed by atoms with Crippen molar-refractivity contribution in [1.29, 1.82) is 0 Å². The van der Waals surface area contributed by atoms with Crippen molar-refractivity contribution in [3.8, 4) is 5.75 Å². The summed E-state index contributed by atoms with van der Waals surface area (Å²) in [5.74, 6) is 0.00899. The van der Waals surface area contributed by atoms with Gasteiger partial charge < -0.3 is 24.4 Å². The first kappa shape index (κ1) is 37.1. The van der Waals surface area contributed by atoms with Crippen LogP contribution in [0.2, 0.25) is 0 Å². The number of unbranched alkanes of at least 4 members (excludes halogenated alkanes) is 5. The summed E-state index contributed by atoms with van der Waals surface area (Å²) in [5, 5.41) is 9.92. The van der Waals surface area contributed by atoms with Gasteiger partial charge in [-0.2, -0.15) is 0 Å². The highest BCUT2D eigenvalue weighted by molar-refractivity contribution is 6.06. The Labute approximate surface area is 255 Å². The van der Waals surface area contributed by atoms with Crippen LogP contribution in [0, 0.1) is 5.41 Å². The number of ether oxygens (including phenoxy) is 2. The third-order valence-electron chi connectivity index (χ3n) is 7.74. The molecule has 7 nitrogen and oxygen atoms in total. The van der Waals surface area contributed by atoms with Gasteiger partial charge in [-0.25, -0.2) is 4.79 Å². The Hall–Kier alpha value is -2.90. The van der Waals surface area contributed by atoms with Crippen LogP contribution in [0.3, 0.4) is 0 Å². The summed E-state index contributed by atoms with van der Waals surface area (Å²) in [4.78, 5) is 25.7. The number of hydrogen-bond donors (Lipinski definition) is 2. The van der Waals surface area contributed by atoms with E-state index in [1.165, 1.54) is 25.7 Å². The van der Waals surface area contributed by atoms with Gasteiger partial charge in [-0.05, 0) is 62.1 Å². The molecule has 0 saturated carbocycles. The van der Waals surface area contributed by atoms with Gasteiger partial charge >= 0.3 is 5.97 Å². The van der Waals surface area contributed by atoms with Crippen molar-refractivity contribution in [3.05, 3.63) is 59.7 Å². The third kappa shape index (κ3) is 13.8. The fourth-order valence-electron chi connectivity index (χ4n) is 4.69. The number of anilines is 1. The summed E-state index contributed by atoms with van der Waals surface area (Å²) in [6.07, 6.45) is 8.25. The number of likely N-dealkylation sites (N-methyl/N-ethyl adjacent to an activating group) is 1. The first-order chi connectivity index (χ1) is 20.1. The molecule has 0 aliphatic rings. The molecule has 0 fully saturated rings. The lowest BCUT2D eigenvalue weighted by atomic mass is 9.91. The van der Waals surface area contributed by atoms with E-state index >= 15 is 0 Å². The van der Waals surface area contributed by atoms with E-state index in [0.717, 1.165) is 57.0 Å². The van der Waals surface area contributed by atoms with Gasteiger partial charge in [0.2, 0.25) is 0 Å². The summed E-state index contributed by atoms with van der Waals surface area (Å²) in [6.45, 7) is 18.3. The highest BCUT2D eigenvalue weighted by Gasteiger charge is 2.26. The number of benzene rings is 2. The van der Waals surface area contributed by atoms with Crippen LogP contribution in [-0.2, 0) is 4.74 Å². The van der Waals surface area contributed by atoms with E-state index in [0.29, 0.717) is 35.8 Å². The summed E-state index contributed by atoms with van der Waals surface area (Å²) >= 11 is 0. The lowest BCUT2D eigenvalue weighted by molar-refractivity contribution is -0.925. The molecule has 42 heavy (non-hydrogen) atoms. The molecule has 0 spiro atoms. The Morgan fingerprint density at radius 2 is 1.43 bits per heavy atom. The zero-order valence-electron chi connectivity index (χ0n) is 27.3. The van der Waals surface area contributed by atoms with Crippen molar-refractivity contribution < 1.29 is 28.7 Å². The van der Waals surface area contributed by atoms with E-state index in [4.69, 9.17) is 14.6 Å². The maximum absolute atomic E-state index is 13.0. The summed E-state index contributed by atoms with van der Waals surface area (Å²) in [5.41, 5.74) is 1.87. The number of hydrogen-bond acceptors (Lipinski definition) is 5. The molecule has 1 amide bonds. The van der Waals surface area contributed by atoms with Crippen LogP contribution < -0.4 is 10.1 Å². The van der Waals surface area contributed by atoms with Crippen LogP contribution >= 0.6 is 0 Å². The lowest BCUT2D eigenvalue weighted by Gasteiger charge is -2.38. The first-order valence-corrected chi connectivity index (χ1v) is 15.7. The smallest absolute Gasteiger partial charge is 0.338 e. The number of carbonyl (C=O) groups is 2. The van der Waals surface area contributed by atoms with Gasteiger partial charge in [-0.3, -0.25) is 4.79 Å². The summed E-state index contributed by atoms with van der Waals surface area (Å²) in [7, 11) is 1.00. The van der Waals surface area contributed by atoms with Gasteiger partial charge in [0, 0.05) is 19.2 Å². The van der Waals surface area contributed by atoms with Crippen LogP contribution in [0.1, 0.15) is 107 Å². The monoisotopic (exact) mass is 585 g/mol. The van der Waals surface area contributed by atoms with E-state index in [9.17, 15) is 9.59 Å². The van der Waals surface area contributed by atoms with Crippen LogP contribution in [0.4, 0.5) is 5.69 Å². The quantitative estimate of drug-likeness (QED) is 0.106. The molecule has 0 aliphatic heterocycles. The fourth-order valence-corrected chi connectivity index (χ4v) is 4.69. The SMILES string of the molecule is CCCCCCCCOc1ccccc1C(=O)Nc1ccc(C(=O)OCC[N+](CC)(CC)CCC(C)(C)C)cc1.CO. The predicted molar refractivity (Wildman–Crippen MR) is 173 cm³/mol. The normalized spacial score (nSPS) is 11.3. The molecule has 0 heterocycles. The molecule has 0 unspecified atom stereocenters. The minimum absolute atomic E-state index is 0.239. The highest BCUT2D eigenvalue weighted by atomic mass is 16.5. The number of nitrogens with zero attached hydrogens (tertiary/aromatic N) is 1. The van der Waals surface area contributed by atoms with Crippen LogP contribution in [0.5, 0.6) is 5.75 Å². The number of aliphatic hydroxyl groups excluding tert-OH is 1. The van der Waals surface area contributed by atoms with Crippen molar-refractivity contribution in [2.75, 3.05) is 51.8 Å².